The lowest BCUT2D eigenvalue weighted by Gasteiger charge is -2.30. The van der Waals surface area contributed by atoms with Crippen LogP contribution in [0, 0.1) is 5.92 Å². The van der Waals surface area contributed by atoms with Crippen LogP contribution in [0.25, 0.3) is 0 Å². The van der Waals surface area contributed by atoms with Crippen molar-refractivity contribution in [2.45, 2.75) is 13.0 Å². The number of amides is 1. The molecule has 1 heterocycles. The molecule has 15 heavy (non-hydrogen) atoms. The number of nitrogens with one attached hydrogen (secondary N) is 1. The van der Waals surface area contributed by atoms with Crippen LogP contribution in [0.2, 0.25) is 0 Å². The molecule has 1 saturated heterocycles. The highest BCUT2D eigenvalue weighted by Crippen LogP contribution is 2.02. The van der Waals surface area contributed by atoms with Crippen LogP contribution in [0.4, 0.5) is 0 Å². The molecule has 88 valence electrons. The number of nitrogens with two attached hydrogens (primary N) is 1. The number of carbonyl (C=O) groups excluding carboxylic acids is 1. The number of hydrogen-bond acceptors (Lipinski definition) is 4. The van der Waals surface area contributed by atoms with Crippen LogP contribution in [-0.2, 0) is 9.53 Å². The Morgan fingerprint density at radius 1 is 1.73 bits per heavy atom. The fourth-order valence-electron chi connectivity index (χ4n) is 1.49. The fourth-order valence-corrected chi connectivity index (χ4v) is 1.49. The standard InChI is InChI=1S/C10H21N3O2/c1-8(5-11)10(14)12-6-9-7-13(2)3-4-15-9/h8-9H,3-7,11H2,1-2H3,(H,12,14). The summed E-state index contributed by atoms with van der Waals surface area (Å²) in [5.41, 5.74) is 5.40. The van der Waals surface area contributed by atoms with E-state index in [1.54, 1.807) is 0 Å². The van der Waals surface area contributed by atoms with Gasteiger partial charge in [0.05, 0.1) is 12.7 Å². The van der Waals surface area contributed by atoms with Crippen molar-refractivity contribution in [3.05, 3.63) is 0 Å². The van der Waals surface area contributed by atoms with E-state index in [-0.39, 0.29) is 17.9 Å². The average Bonchev–Trinajstić information content (AvgIpc) is 2.25. The summed E-state index contributed by atoms with van der Waals surface area (Å²) in [6, 6.07) is 0. The van der Waals surface area contributed by atoms with Crippen LogP contribution in [0.5, 0.6) is 0 Å². The molecule has 0 aromatic heterocycles. The van der Waals surface area contributed by atoms with Crippen LogP contribution in [0.1, 0.15) is 6.92 Å². The highest BCUT2D eigenvalue weighted by Gasteiger charge is 2.19. The van der Waals surface area contributed by atoms with E-state index in [1.165, 1.54) is 0 Å². The Morgan fingerprint density at radius 2 is 2.47 bits per heavy atom. The Kier molecular flexibility index (Phi) is 5.01. The normalized spacial score (nSPS) is 24.9. The minimum absolute atomic E-state index is 0.00864. The first-order valence-corrected chi connectivity index (χ1v) is 5.41. The lowest BCUT2D eigenvalue weighted by molar-refractivity contribution is -0.125. The molecule has 5 heteroatoms. The van der Waals surface area contributed by atoms with E-state index in [9.17, 15) is 4.79 Å². The van der Waals surface area contributed by atoms with Gasteiger partial charge in [-0.15, -0.1) is 0 Å². The lowest BCUT2D eigenvalue weighted by atomic mass is 10.1. The van der Waals surface area contributed by atoms with Crippen LogP contribution in [-0.4, -0.2) is 56.7 Å². The highest BCUT2D eigenvalue weighted by atomic mass is 16.5. The van der Waals surface area contributed by atoms with Gasteiger partial charge in [0, 0.05) is 32.1 Å². The maximum absolute atomic E-state index is 11.4. The van der Waals surface area contributed by atoms with Crippen molar-refractivity contribution in [1.82, 2.24) is 10.2 Å². The highest BCUT2D eigenvalue weighted by molar-refractivity contribution is 5.78. The largest absolute Gasteiger partial charge is 0.374 e. The Labute approximate surface area is 90.9 Å². The third-order valence-electron chi connectivity index (χ3n) is 2.65. The van der Waals surface area contributed by atoms with Crippen LogP contribution >= 0.6 is 0 Å². The maximum Gasteiger partial charge on any atom is 0.224 e. The van der Waals surface area contributed by atoms with Gasteiger partial charge in [-0.2, -0.15) is 0 Å². The molecule has 0 aliphatic carbocycles. The number of ether oxygens (including phenoxy) is 1. The number of morpholine rings is 1. The van der Waals surface area contributed by atoms with E-state index in [4.69, 9.17) is 10.5 Å². The van der Waals surface area contributed by atoms with Crippen molar-refractivity contribution in [2.24, 2.45) is 11.7 Å². The molecule has 0 radical (unpaired) electrons. The Balaban J connectivity index is 2.21. The van der Waals surface area contributed by atoms with Crippen molar-refractivity contribution in [3.8, 4) is 0 Å². The van der Waals surface area contributed by atoms with E-state index in [2.05, 4.69) is 17.3 Å². The van der Waals surface area contributed by atoms with E-state index in [0.717, 1.165) is 19.7 Å². The van der Waals surface area contributed by atoms with E-state index < -0.39 is 0 Å². The van der Waals surface area contributed by atoms with Gasteiger partial charge in [-0.3, -0.25) is 4.79 Å². The van der Waals surface area contributed by atoms with Gasteiger partial charge >= 0.3 is 0 Å². The van der Waals surface area contributed by atoms with Crippen molar-refractivity contribution in [3.63, 3.8) is 0 Å². The molecule has 1 rings (SSSR count). The topological polar surface area (TPSA) is 67.6 Å². The van der Waals surface area contributed by atoms with Gasteiger partial charge in [0.1, 0.15) is 0 Å². The molecular weight excluding hydrogens is 194 g/mol. The van der Waals surface area contributed by atoms with Crippen LogP contribution in [0.15, 0.2) is 0 Å². The summed E-state index contributed by atoms with van der Waals surface area (Å²) in [4.78, 5) is 13.6. The van der Waals surface area contributed by atoms with Crippen molar-refractivity contribution >= 4 is 5.91 Å². The summed E-state index contributed by atoms with van der Waals surface area (Å²) in [7, 11) is 2.06. The van der Waals surface area contributed by atoms with Crippen LogP contribution < -0.4 is 11.1 Å². The van der Waals surface area contributed by atoms with Crippen molar-refractivity contribution < 1.29 is 9.53 Å². The third kappa shape index (κ3) is 4.15. The number of likely N-dealkylation sites (N-methyl/N-ethyl adjacent to an activating group) is 1. The molecule has 3 N–H and O–H groups in total. The first-order valence-electron chi connectivity index (χ1n) is 5.41. The second-order valence-electron chi connectivity index (χ2n) is 4.14. The zero-order valence-corrected chi connectivity index (χ0v) is 9.53. The van der Waals surface area contributed by atoms with E-state index in [1.807, 2.05) is 6.92 Å². The SMILES string of the molecule is CC(CN)C(=O)NCC1CN(C)CCO1. The second-order valence-corrected chi connectivity index (χ2v) is 4.14. The summed E-state index contributed by atoms with van der Waals surface area (Å²) in [5.74, 6) is -0.111. The van der Waals surface area contributed by atoms with Crippen molar-refractivity contribution in [2.75, 3.05) is 39.8 Å². The van der Waals surface area contributed by atoms with E-state index >= 15 is 0 Å². The Bertz CT molecular complexity index is 211. The first-order chi connectivity index (χ1) is 7.13. The van der Waals surface area contributed by atoms with Gasteiger partial charge in [0.15, 0.2) is 0 Å². The Morgan fingerprint density at radius 3 is 3.07 bits per heavy atom. The van der Waals surface area contributed by atoms with Gasteiger partial charge in [-0.25, -0.2) is 0 Å². The second kappa shape index (κ2) is 6.05. The van der Waals surface area contributed by atoms with E-state index in [0.29, 0.717) is 13.1 Å². The summed E-state index contributed by atoms with van der Waals surface area (Å²) >= 11 is 0. The molecule has 1 aliphatic rings. The zero-order chi connectivity index (χ0) is 11.3. The first kappa shape index (κ1) is 12.4. The maximum atomic E-state index is 11.4. The molecule has 1 fully saturated rings. The molecule has 0 spiro atoms. The fraction of sp³-hybridized carbons (Fsp3) is 0.900. The number of rotatable bonds is 4. The molecule has 0 aromatic carbocycles. The number of nitrogens with zero attached hydrogens (tertiary/aromatic N) is 1. The zero-order valence-electron chi connectivity index (χ0n) is 9.53. The molecule has 1 amide bonds. The van der Waals surface area contributed by atoms with Crippen molar-refractivity contribution in [1.29, 1.82) is 0 Å². The van der Waals surface area contributed by atoms with Crippen LogP contribution in [0.3, 0.4) is 0 Å². The predicted octanol–water partition coefficient (Wildman–Crippen LogP) is -0.972. The summed E-state index contributed by atoms with van der Waals surface area (Å²) in [6.07, 6.45) is 0.109. The summed E-state index contributed by atoms with van der Waals surface area (Å²) < 4.78 is 5.52. The molecule has 2 unspecified atom stereocenters. The average molecular weight is 215 g/mol. The minimum Gasteiger partial charge on any atom is -0.374 e. The molecule has 5 nitrogen and oxygen atoms in total. The molecule has 0 aromatic rings. The Hall–Kier alpha value is -0.650. The van der Waals surface area contributed by atoms with Gasteiger partial charge in [0.2, 0.25) is 5.91 Å². The number of hydrogen-bond donors (Lipinski definition) is 2. The van der Waals surface area contributed by atoms with Gasteiger partial charge in [0.25, 0.3) is 0 Å². The molecule has 0 bridgehead atoms. The lowest BCUT2D eigenvalue weighted by Crippen LogP contribution is -2.47. The van der Waals surface area contributed by atoms with Gasteiger partial charge in [-0.1, -0.05) is 6.92 Å². The predicted molar refractivity (Wildman–Crippen MR) is 58.5 cm³/mol. The molecule has 0 saturated carbocycles. The monoisotopic (exact) mass is 215 g/mol. The molecule has 2 atom stereocenters. The minimum atomic E-state index is -0.119. The smallest absolute Gasteiger partial charge is 0.224 e. The quantitative estimate of drug-likeness (QED) is 0.633. The van der Waals surface area contributed by atoms with Gasteiger partial charge < -0.3 is 20.7 Å². The molecular formula is C10H21N3O2. The number of carbonyl (C=O) groups is 1. The molecule has 1 aliphatic heterocycles. The van der Waals surface area contributed by atoms with Gasteiger partial charge in [-0.05, 0) is 7.05 Å². The third-order valence-corrected chi connectivity index (χ3v) is 2.65. The summed E-state index contributed by atoms with van der Waals surface area (Å²) in [6.45, 7) is 5.36. The summed E-state index contributed by atoms with van der Waals surface area (Å²) in [5, 5.41) is 2.85.